The van der Waals surface area contributed by atoms with Gasteiger partial charge in [0.1, 0.15) is 45.3 Å². The number of ether oxygens (including phenoxy) is 3. The summed E-state index contributed by atoms with van der Waals surface area (Å²) in [5.41, 5.74) is 1.98. The van der Waals surface area contributed by atoms with E-state index in [0.717, 1.165) is 43.3 Å². The first-order valence-corrected chi connectivity index (χ1v) is 12.9. The maximum Gasteiger partial charge on any atom is 0.327 e. The molecule has 4 rings (SSSR count). The zero-order valence-electron chi connectivity index (χ0n) is 22.4. The van der Waals surface area contributed by atoms with Crippen molar-refractivity contribution < 1.29 is 19.0 Å². The molecule has 1 aliphatic heterocycles. The molecule has 0 saturated carbocycles. The Labute approximate surface area is 237 Å². The average Bonchev–Trinajstić information content (AvgIpc) is 2.95. The lowest BCUT2D eigenvalue weighted by Gasteiger charge is -2.34. The molecular weight excluding hydrogens is 545 g/mol. The van der Waals surface area contributed by atoms with E-state index in [9.17, 15) is 4.79 Å². The van der Waals surface area contributed by atoms with E-state index in [4.69, 9.17) is 37.4 Å². The third-order valence-corrected chi connectivity index (χ3v) is 7.15. The molecule has 208 valence electrons. The Morgan fingerprint density at radius 1 is 0.923 bits per heavy atom. The van der Waals surface area contributed by atoms with Crippen molar-refractivity contribution in [2.24, 2.45) is 0 Å². The summed E-state index contributed by atoms with van der Waals surface area (Å²) in [6.07, 6.45) is 1.37. The SMILES string of the molecule is COc1cc(Nc2cc(N(C)C(=O)Nc3c(Cl)c(OC)cc(OC)c3Cl)ncn2)ccc1N1CCN(C)CC1. The molecule has 11 nitrogen and oxygen atoms in total. The van der Waals surface area contributed by atoms with Crippen LogP contribution in [0, 0.1) is 0 Å². The van der Waals surface area contributed by atoms with Crippen LogP contribution in [0.1, 0.15) is 0 Å². The van der Waals surface area contributed by atoms with Gasteiger partial charge in [0.15, 0.2) is 0 Å². The van der Waals surface area contributed by atoms with Crippen LogP contribution in [0.15, 0.2) is 36.7 Å². The van der Waals surface area contributed by atoms with Crippen LogP contribution >= 0.6 is 23.2 Å². The van der Waals surface area contributed by atoms with Crippen molar-refractivity contribution in [3.05, 3.63) is 46.7 Å². The quantitative estimate of drug-likeness (QED) is 0.385. The third-order valence-electron chi connectivity index (χ3n) is 6.40. The smallest absolute Gasteiger partial charge is 0.327 e. The number of urea groups is 1. The Kier molecular flexibility index (Phi) is 9.05. The van der Waals surface area contributed by atoms with Gasteiger partial charge in [-0.2, -0.15) is 0 Å². The summed E-state index contributed by atoms with van der Waals surface area (Å²) in [6.45, 7) is 3.86. The number of halogens is 2. The highest BCUT2D eigenvalue weighted by atomic mass is 35.5. The monoisotopic (exact) mass is 575 g/mol. The average molecular weight is 576 g/mol. The molecule has 0 unspecified atom stereocenters. The number of carbonyl (C=O) groups is 1. The lowest BCUT2D eigenvalue weighted by molar-refractivity contribution is 0.258. The molecule has 1 aromatic heterocycles. The van der Waals surface area contributed by atoms with Gasteiger partial charge in [-0.15, -0.1) is 0 Å². The predicted molar refractivity (Wildman–Crippen MR) is 155 cm³/mol. The fourth-order valence-corrected chi connectivity index (χ4v) is 4.70. The van der Waals surface area contributed by atoms with Gasteiger partial charge in [0.2, 0.25) is 0 Å². The van der Waals surface area contributed by atoms with Crippen LogP contribution in [0.25, 0.3) is 0 Å². The maximum atomic E-state index is 13.1. The van der Waals surface area contributed by atoms with Crippen LogP contribution in [0.2, 0.25) is 10.0 Å². The number of amides is 2. The molecular formula is C26H31Cl2N7O4. The Balaban J connectivity index is 1.50. The standard InChI is InChI=1S/C26H31Cl2N7O4/c1-33-8-10-35(11-9-33)17-7-6-16(12-18(17)37-3)31-21-14-22(30-15-29-21)34(2)26(36)32-25-23(27)19(38-4)13-20(39-5)24(25)28/h6-7,12-15H,8-11H2,1-5H3,(H,32,36)(H,29,30,31). The van der Waals surface area contributed by atoms with Crippen molar-refractivity contribution in [1.82, 2.24) is 14.9 Å². The molecule has 2 N–H and O–H groups in total. The highest BCUT2D eigenvalue weighted by Crippen LogP contribution is 2.44. The van der Waals surface area contributed by atoms with Crippen LogP contribution in [-0.4, -0.2) is 82.5 Å². The number of piperazine rings is 1. The van der Waals surface area contributed by atoms with E-state index in [1.54, 1.807) is 26.3 Å². The lowest BCUT2D eigenvalue weighted by Crippen LogP contribution is -2.44. The van der Waals surface area contributed by atoms with Crippen LogP contribution < -0.4 is 34.6 Å². The molecule has 39 heavy (non-hydrogen) atoms. The van der Waals surface area contributed by atoms with Gasteiger partial charge in [0.25, 0.3) is 0 Å². The summed E-state index contributed by atoms with van der Waals surface area (Å²) in [4.78, 5) is 27.5. The number of hydrogen-bond donors (Lipinski definition) is 2. The Bertz CT molecular complexity index is 1310. The number of nitrogens with zero attached hydrogens (tertiary/aromatic N) is 5. The maximum absolute atomic E-state index is 13.1. The summed E-state index contributed by atoms with van der Waals surface area (Å²) < 4.78 is 16.2. The molecule has 1 aliphatic rings. The van der Waals surface area contributed by atoms with Gasteiger partial charge in [-0.1, -0.05) is 23.2 Å². The van der Waals surface area contributed by atoms with Crippen LogP contribution in [0.4, 0.5) is 33.5 Å². The molecule has 2 amide bonds. The van der Waals surface area contributed by atoms with E-state index >= 15 is 0 Å². The number of anilines is 5. The summed E-state index contributed by atoms with van der Waals surface area (Å²) in [7, 11) is 8.26. The van der Waals surface area contributed by atoms with Gasteiger partial charge in [-0.3, -0.25) is 4.90 Å². The minimum absolute atomic E-state index is 0.143. The number of nitrogens with one attached hydrogen (secondary N) is 2. The van der Waals surface area contributed by atoms with Crippen molar-refractivity contribution in [2.45, 2.75) is 0 Å². The van der Waals surface area contributed by atoms with Gasteiger partial charge in [-0.25, -0.2) is 14.8 Å². The lowest BCUT2D eigenvalue weighted by atomic mass is 10.2. The summed E-state index contributed by atoms with van der Waals surface area (Å²) >= 11 is 12.8. The van der Waals surface area contributed by atoms with E-state index in [1.807, 2.05) is 18.2 Å². The Morgan fingerprint density at radius 2 is 1.56 bits per heavy atom. The Morgan fingerprint density at radius 3 is 2.18 bits per heavy atom. The minimum Gasteiger partial charge on any atom is -0.495 e. The first kappa shape index (κ1) is 28.3. The molecule has 0 radical (unpaired) electrons. The largest absolute Gasteiger partial charge is 0.495 e. The number of aromatic nitrogens is 2. The fourth-order valence-electron chi connectivity index (χ4n) is 4.10. The number of benzene rings is 2. The molecule has 0 aliphatic carbocycles. The fraction of sp³-hybridized carbons (Fsp3) is 0.346. The molecule has 13 heteroatoms. The number of methoxy groups -OCH3 is 3. The molecule has 3 aromatic rings. The first-order chi connectivity index (χ1) is 18.7. The normalized spacial score (nSPS) is 13.6. The van der Waals surface area contributed by atoms with Crippen LogP contribution in [0.3, 0.4) is 0 Å². The molecule has 0 atom stereocenters. The van der Waals surface area contributed by atoms with E-state index in [2.05, 4.69) is 37.4 Å². The highest BCUT2D eigenvalue weighted by Gasteiger charge is 2.22. The van der Waals surface area contributed by atoms with Gasteiger partial charge in [-0.05, 0) is 19.2 Å². The zero-order valence-corrected chi connectivity index (χ0v) is 23.9. The van der Waals surface area contributed by atoms with Gasteiger partial charge in [0.05, 0.1) is 32.7 Å². The summed E-state index contributed by atoms with van der Waals surface area (Å²) in [5.74, 6) is 2.20. The second-order valence-corrected chi connectivity index (χ2v) is 9.59. The summed E-state index contributed by atoms with van der Waals surface area (Å²) in [5, 5.41) is 6.25. The van der Waals surface area contributed by atoms with Gasteiger partial charge < -0.3 is 34.6 Å². The number of carbonyl (C=O) groups excluding carboxylic acids is 1. The number of rotatable bonds is 8. The van der Waals surface area contributed by atoms with Gasteiger partial charge >= 0.3 is 6.03 Å². The van der Waals surface area contributed by atoms with Crippen molar-refractivity contribution in [3.63, 3.8) is 0 Å². The van der Waals surface area contributed by atoms with Crippen LogP contribution in [0.5, 0.6) is 17.2 Å². The first-order valence-electron chi connectivity index (χ1n) is 12.1. The minimum atomic E-state index is -0.531. The predicted octanol–water partition coefficient (Wildman–Crippen LogP) is 4.97. The Hall–Kier alpha value is -3.67. The second kappa shape index (κ2) is 12.5. The summed E-state index contributed by atoms with van der Waals surface area (Å²) in [6, 6.07) is 8.58. The van der Waals surface area contributed by atoms with E-state index in [-0.39, 0.29) is 15.7 Å². The van der Waals surface area contributed by atoms with E-state index in [1.165, 1.54) is 25.4 Å². The molecule has 2 aromatic carbocycles. The molecule has 1 saturated heterocycles. The van der Waals surface area contributed by atoms with Crippen molar-refractivity contribution in [3.8, 4) is 17.2 Å². The van der Waals surface area contributed by atoms with Crippen LogP contribution in [-0.2, 0) is 0 Å². The zero-order chi connectivity index (χ0) is 28.1. The number of likely N-dealkylation sites (N-methyl/N-ethyl adjacent to an activating group) is 1. The second-order valence-electron chi connectivity index (χ2n) is 8.84. The van der Waals surface area contributed by atoms with E-state index in [0.29, 0.717) is 23.1 Å². The van der Waals surface area contributed by atoms with Crippen molar-refractivity contribution in [1.29, 1.82) is 0 Å². The van der Waals surface area contributed by atoms with E-state index < -0.39 is 6.03 Å². The topological polar surface area (TPSA) is 104 Å². The molecule has 0 spiro atoms. The molecule has 2 heterocycles. The third kappa shape index (κ3) is 6.32. The number of hydrogen-bond acceptors (Lipinski definition) is 9. The van der Waals surface area contributed by atoms with Crippen molar-refractivity contribution in [2.75, 3.05) is 82.0 Å². The molecule has 1 fully saturated rings. The van der Waals surface area contributed by atoms with Crippen molar-refractivity contribution >= 4 is 57.9 Å². The highest BCUT2D eigenvalue weighted by molar-refractivity contribution is 6.41. The van der Waals surface area contributed by atoms with Gasteiger partial charge in [0, 0.05) is 57.1 Å². The molecule has 0 bridgehead atoms.